The minimum absolute atomic E-state index is 0.432. The first kappa shape index (κ1) is 4.49. The van der Waals surface area contributed by atoms with Gasteiger partial charge in [0.25, 0.3) is 0 Å². The minimum Gasteiger partial charge on any atom is -0.409 e. The topological polar surface area (TPSA) is 44.8 Å². The van der Waals surface area contributed by atoms with Crippen LogP contribution in [0.2, 0.25) is 0 Å². The quantitative estimate of drug-likeness (QED) is 0.547. The molecule has 0 rings (SSSR count). The number of hydrogen-bond acceptors (Lipinski definition) is 4. The van der Waals surface area contributed by atoms with Crippen LogP contribution < -0.4 is 0 Å². The predicted octanol–water partition coefficient (Wildman–Crippen LogP) is 2.68. The molecule has 0 radical (unpaired) electrons. The van der Waals surface area contributed by atoms with Crippen LogP contribution >= 0.6 is 31.0 Å². The summed E-state index contributed by atoms with van der Waals surface area (Å²) in [5.74, 6) is 0. The standard InChI is InChI=1S/C4H7Cl2O4P/c1-8-11(7,9-2)10-3-4(5)6/h3H,1-2H3/i1D3,2D3. The molecular weight excluding hydrogens is 214 g/mol. The molecule has 0 aromatic heterocycles. The molecule has 0 aliphatic carbocycles. The van der Waals surface area contributed by atoms with E-state index in [0.717, 1.165) is 0 Å². The molecular formula is C4H7Cl2O4P. The van der Waals surface area contributed by atoms with E-state index < -0.39 is 26.4 Å². The van der Waals surface area contributed by atoms with Gasteiger partial charge in [-0.3, -0.25) is 9.05 Å². The minimum atomic E-state index is -4.89. The highest BCUT2D eigenvalue weighted by Crippen LogP contribution is 2.48. The number of hydrogen-bond donors (Lipinski definition) is 0. The lowest BCUT2D eigenvalue weighted by atomic mass is 11.2. The van der Waals surface area contributed by atoms with Crippen LogP contribution in [0.3, 0.4) is 0 Å². The maximum Gasteiger partial charge on any atom is 0.529 e. The van der Waals surface area contributed by atoms with Crippen LogP contribution in [-0.2, 0) is 18.1 Å². The summed E-state index contributed by atoms with van der Waals surface area (Å²) >= 11 is 10.2. The lowest BCUT2D eigenvalue weighted by Gasteiger charge is -2.10. The average molecular weight is 227 g/mol. The Hall–Kier alpha value is 0.270. The number of phosphoric ester groups is 1. The van der Waals surface area contributed by atoms with E-state index in [2.05, 4.69) is 13.6 Å². The zero-order valence-electron chi connectivity index (χ0n) is 10.9. The van der Waals surface area contributed by atoms with Gasteiger partial charge in [-0.15, -0.1) is 0 Å². The Labute approximate surface area is 83.1 Å². The van der Waals surface area contributed by atoms with Crippen molar-refractivity contribution in [3.8, 4) is 0 Å². The fourth-order valence-electron chi connectivity index (χ4n) is 0.166. The van der Waals surface area contributed by atoms with Crippen LogP contribution in [0.4, 0.5) is 0 Å². The predicted molar refractivity (Wildman–Crippen MR) is 42.5 cm³/mol. The summed E-state index contributed by atoms with van der Waals surface area (Å²) in [6.45, 7) is 0. The van der Waals surface area contributed by atoms with E-state index in [1.165, 1.54) is 0 Å². The van der Waals surface area contributed by atoms with Crippen molar-refractivity contribution in [2.75, 3.05) is 14.1 Å². The molecule has 0 aliphatic rings. The molecule has 66 valence electrons. The van der Waals surface area contributed by atoms with E-state index in [1.807, 2.05) is 0 Å². The lowest BCUT2D eigenvalue weighted by Crippen LogP contribution is -1.88. The van der Waals surface area contributed by atoms with Crippen molar-refractivity contribution in [1.29, 1.82) is 0 Å². The monoisotopic (exact) mass is 226 g/mol. The summed E-state index contributed by atoms with van der Waals surface area (Å²) in [7, 11) is -11.3. The van der Waals surface area contributed by atoms with E-state index in [4.69, 9.17) is 31.4 Å². The van der Waals surface area contributed by atoms with Crippen molar-refractivity contribution in [2.45, 2.75) is 0 Å². The van der Waals surface area contributed by atoms with Crippen molar-refractivity contribution < 1.29 is 26.4 Å². The van der Waals surface area contributed by atoms with Gasteiger partial charge in [0.2, 0.25) is 0 Å². The van der Waals surface area contributed by atoms with E-state index in [1.54, 1.807) is 0 Å². The Bertz CT molecular complexity index is 314. The highest BCUT2D eigenvalue weighted by Gasteiger charge is 2.22. The molecule has 4 nitrogen and oxygen atoms in total. The molecule has 0 heterocycles. The largest absolute Gasteiger partial charge is 0.529 e. The smallest absolute Gasteiger partial charge is 0.409 e. The maximum absolute atomic E-state index is 11.6. The average Bonchev–Trinajstić information content (AvgIpc) is 1.93. The second-order valence-electron chi connectivity index (χ2n) is 1.14. The van der Waals surface area contributed by atoms with Crippen molar-refractivity contribution in [2.24, 2.45) is 0 Å². The number of rotatable bonds is 4. The number of halogens is 2. The zero-order valence-corrected chi connectivity index (χ0v) is 7.32. The summed E-state index contributed by atoms with van der Waals surface area (Å²) in [6.07, 6.45) is 0.432. The van der Waals surface area contributed by atoms with Crippen molar-refractivity contribution >= 4 is 31.0 Å². The molecule has 7 heteroatoms. The second kappa shape index (κ2) is 5.01. The van der Waals surface area contributed by atoms with Gasteiger partial charge in [0.05, 0.1) is 8.22 Å². The van der Waals surface area contributed by atoms with E-state index in [0.29, 0.717) is 6.26 Å². The van der Waals surface area contributed by atoms with Crippen LogP contribution in [0.15, 0.2) is 10.8 Å². The third kappa shape index (κ3) is 4.67. The van der Waals surface area contributed by atoms with Gasteiger partial charge in [-0.25, -0.2) is 4.57 Å². The van der Waals surface area contributed by atoms with Gasteiger partial charge >= 0.3 is 7.82 Å². The molecule has 0 unspecified atom stereocenters. The maximum atomic E-state index is 11.6. The Kier molecular flexibility index (Phi) is 2.05. The highest BCUT2D eigenvalue weighted by molar-refractivity contribution is 7.48. The molecule has 0 saturated heterocycles. The van der Waals surface area contributed by atoms with E-state index >= 15 is 0 Å². The van der Waals surface area contributed by atoms with Crippen molar-refractivity contribution in [3.63, 3.8) is 0 Å². The molecule has 0 aromatic carbocycles. The first-order chi connectivity index (χ1) is 7.33. The summed E-state index contributed by atoms with van der Waals surface area (Å²) < 4.78 is 63.3. The van der Waals surface area contributed by atoms with Crippen LogP contribution in [0.25, 0.3) is 0 Å². The van der Waals surface area contributed by atoms with Gasteiger partial charge in [-0.2, -0.15) is 0 Å². The van der Waals surface area contributed by atoms with Gasteiger partial charge in [-0.1, -0.05) is 23.2 Å². The highest BCUT2D eigenvalue weighted by atomic mass is 35.5. The normalized spacial score (nSPS) is 21.3. The summed E-state index contributed by atoms with van der Waals surface area (Å²) in [4.78, 5) is 0. The first-order valence-electron chi connectivity index (χ1n) is 5.04. The molecule has 0 fully saturated rings. The van der Waals surface area contributed by atoms with Crippen LogP contribution in [0.5, 0.6) is 0 Å². The Balaban J connectivity index is 4.95. The first-order valence-corrected chi connectivity index (χ1v) is 4.26. The molecule has 0 aliphatic heterocycles. The molecule has 0 amide bonds. The molecule has 11 heavy (non-hydrogen) atoms. The number of phosphoric acid groups is 1. The van der Waals surface area contributed by atoms with Crippen molar-refractivity contribution in [3.05, 3.63) is 10.8 Å². The third-order valence-electron chi connectivity index (χ3n) is 0.494. The molecule has 0 atom stereocenters. The molecule has 0 saturated carbocycles. The molecule has 0 bridgehead atoms. The third-order valence-corrected chi connectivity index (χ3v) is 1.48. The van der Waals surface area contributed by atoms with Crippen LogP contribution in [0.1, 0.15) is 8.22 Å². The molecule has 0 aromatic rings. The van der Waals surface area contributed by atoms with Crippen LogP contribution in [-0.4, -0.2) is 14.1 Å². The summed E-state index contributed by atoms with van der Waals surface area (Å²) in [5, 5.41) is 0. The Morgan fingerprint density at radius 3 is 2.45 bits per heavy atom. The Morgan fingerprint density at radius 2 is 2.09 bits per heavy atom. The lowest BCUT2D eigenvalue weighted by molar-refractivity contribution is 0.194. The van der Waals surface area contributed by atoms with Gasteiger partial charge in [0, 0.05) is 14.1 Å². The van der Waals surface area contributed by atoms with Gasteiger partial charge < -0.3 is 4.52 Å². The van der Waals surface area contributed by atoms with Gasteiger partial charge in [-0.05, 0) is 0 Å². The summed E-state index contributed by atoms with van der Waals surface area (Å²) in [6, 6.07) is 0. The van der Waals surface area contributed by atoms with Gasteiger partial charge in [0.15, 0.2) is 0 Å². The van der Waals surface area contributed by atoms with Crippen molar-refractivity contribution in [1.82, 2.24) is 0 Å². The van der Waals surface area contributed by atoms with Gasteiger partial charge in [0.1, 0.15) is 10.8 Å². The summed E-state index contributed by atoms with van der Waals surface area (Å²) in [5.41, 5.74) is 0. The van der Waals surface area contributed by atoms with E-state index in [9.17, 15) is 4.57 Å². The van der Waals surface area contributed by atoms with Crippen LogP contribution in [0, 0.1) is 0 Å². The zero-order chi connectivity index (χ0) is 13.9. The molecule has 0 N–H and O–H groups in total. The Morgan fingerprint density at radius 1 is 1.55 bits per heavy atom. The fourth-order valence-corrected chi connectivity index (χ4v) is 0.737. The fraction of sp³-hybridized carbons (Fsp3) is 0.500. The van der Waals surface area contributed by atoms with E-state index in [-0.39, 0.29) is 0 Å². The second-order valence-corrected chi connectivity index (χ2v) is 3.62. The SMILES string of the molecule is [2H]C([2H])([2H])OP(=O)(OC=C(Cl)Cl)OC([2H])([2H])[2H]. The molecule has 0 spiro atoms.